The molecule has 0 aliphatic carbocycles. The smallest absolute Gasteiger partial charge is 0.230 e. The SMILES string of the molecule is Cc1nc(CC(=O)Nc2cc(F)ccc2F)cs1. The molecular weight excluding hydrogens is 258 g/mol. The van der Waals surface area contributed by atoms with Gasteiger partial charge in [-0.25, -0.2) is 13.8 Å². The Morgan fingerprint density at radius 3 is 2.89 bits per heavy atom. The molecule has 3 nitrogen and oxygen atoms in total. The van der Waals surface area contributed by atoms with Crippen molar-refractivity contribution in [1.29, 1.82) is 0 Å². The van der Waals surface area contributed by atoms with Crippen molar-refractivity contribution in [1.82, 2.24) is 4.98 Å². The van der Waals surface area contributed by atoms with Gasteiger partial charge in [0, 0.05) is 11.4 Å². The van der Waals surface area contributed by atoms with Crippen molar-refractivity contribution < 1.29 is 13.6 Å². The molecule has 1 aromatic heterocycles. The van der Waals surface area contributed by atoms with Crippen molar-refractivity contribution in [3.8, 4) is 0 Å². The summed E-state index contributed by atoms with van der Waals surface area (Å²) in [5, 5.41) is 4.94. The normalized spacial score (nSPS) is 10.4. The molecule has 0 aliphatic heterocycles. The van der Waals surface area contributed by atoms with Gasteiger partial charge in [0.2, 0.25) is 5.91 Å². The standard InChI is InChI=1S/C12H10F2N2OS/c1-7-15-9(6-18-7)5-12(17)16-11-4-8(13)2-3-10(11)14/h2-4,6H,5H2,1H3,(H,16,17). The second-order valence-electron chi connectivity index (χ2n) is 3.71. The van der Waals surface area contributed by atoms with Gasteiger partial charge in [-0.3, -0.25) is 4.79 Å². The zero-order valence-corrected chi connectivity index (χ0v) is 10.4. The van der Waals surface area contributed by atoms with Crippen LogP contribution in [0.15, 0.2) is 23.6 Å². The molecular formula is C12H10F2N2OS. The van der Waals surface area contributed by atoms with E-state index in [1.807, 2.05) is 6.92 Å². The van der Waals surface area contributed by atoms with Crippen molar-refractivity contribution in [2.45, 2.75) is 13.3 Å². The molecule has 0 aliphatic rings. The Morgan fingerprint density at radius 1 is 1.44 bits per heavy atom. The Bertz CT molecular complexity index is 583. The summed E-state index contributed by atoms with van der Waals surface area (Å²) in [7, 11) is 0. The molecule has 0 bridgehead atoms. The molecule has 1 amide bonds. The van der Waals surface area contributed by atoms with E-state index in [1.165, 1.54) is 11.3 Å². The van der Waals surface area contributed by atoms with Gasteiger partial charge in [-0.05, 0) is 19.1 Å². The zero-order chi connectivity index (χ0) is 13.1. The predicted molar refractivity (Wildman–Crippen MR) is 65.5 cm³/mol. The Kier molecular flexibility index (Phi) is 3.66. The summed E-state index contributed by atoms with van der Waals surface area (Å²) in [6.45, 7) is 1.83. The molecule has 0 spiro atoms. The maximum atomic E-state index is 13.3. The van der Waals surface area contributed by atoms with Gasteiger partial charge in [0.25, 0.3) is 0 Å². The number of thiazole rings is 1. The molecule has 1 aromatic carbocycles. The number of carbonyl (C=O) groups excluding carboxylic acids is 1. The van der Waals surface area contributed by atoms with Gasteiger partial charge in [0.1, 0.15) is 11.6 Å². The molecule has 0 saturated heterocycles. The van der Waals surface area contributed by atoms with E-state index in [0.717, 1.165) is 23.2 Å². The van der Waals surface area contributed by atoms with Gasteiger partial charge in [-0.15, -0.1) is 11.3 Å². The van der Waals surface area contributed by atoms with Crippen LogP contribution in [0.4, 0.5) is 14.5 Å². The lowest BCUT2D eigenvalue weighted by Gasteiger charge is -2.05. The Labute approximate surface area is 106 Å². The monoisotopic (exact) mass is 268 g/mol. The molecule has 0 radical (unpaired) electrons. The van der Waals surface area contributed by atoms with Gasteiger partial charge in [-0.2, -0.15) is 0 Å². The Hall–Kier alpha value is -1.82. The first-order chi connectivity index (χ1) is 8.54. The number of halogens is 2. The zero-order valence-electron chi connectivity index (χ0n) is 9.54. The highest BCUT2D eigenvalue weighted by atomic mass is 32.1. The molecule has 0 atom stereocenters. The summed E-state index contributed by atoms with van der Waals surface area (Å²) in [5.74, 6) is -1.69. The molecule has 18 heavy (non-hydrogen) atoms. The van der Waals surface area contributed by atoms with Crippen LogP contribution < -0.4 is 5.32 Å². The van der Waals surface area contributed by atoms with E-state index in [2.05, 4.69) is 10.3 Å². The minimum absolute atomic E-state index is 0.0420. The molecule has 2 aromatic rings. The number of amides is 1. The third-order valence-corrected chi connectivity index (χ3v) is 3.03. The molecule has 2 rings (SSSR count). The number of hydrogen-bond donors (Lipinski definition) is 1. The minimum atomic E-state index is -0.667. The van der Waals surface area contributed by atoms with Crippen LogP contribution in [0.2, 0.25) is 0 Å². The number of carbonyl (C=O) groups is 1. The maximum Gasteiger partial charge on any atom is 0.230 e. The Morgan fingerprint density at radius 2 is 2.22 bits per heavy atom. The van der Waals surface area contributed by atoms with Gasteiger partial charge in [-0.1, -0.05) is 0 Å². The van der Waals surface area contributed by atoms with Crippen molar-refractivity contribution in [2.75, 3.05) is 5.32 Å². The molecule has 1 N–H and O–H groups in total. The minimum Gasteiger partial charge on any atom is -0.323 e. The van der Waals surface area contributed by atoms with Crippen LogP contribution in [0, 0.1) is 18.6 Å². The van der Waals surface area contributed by atoms with Crippen LogP contribution in [-0.4, -0.2) is 10.9 Å². The van der Waals surface area contributed by atoms with E-state index in [-0.39, 0.29) is 12.1 Å². The van der Waals surface area contributed by atoms with E-state index >= 15 is 0 Å². The fraction of sp³-hybridized carbons (Fsp3) is 0.167. The highest BCUT2D eigenvalue weighted by molar-refractivity contribution is 7.09. The van der Waals surface area contributed by atoms with E-state index in [1.54, 1.807) is 5.38 Å². The number of benzene rings is 1. The molecule has 94 valence electrons. The van der Waals surface area contributed by atoms with Crippen LogP contribution in [0.1, 0.15) is 10.7 Å². The average molecular weight is 268 g/mol. The third kappa shape index (κ3) is 3.10. The third-order valence-electron chi connectivity index (χ3n) is 2.21. The number of nitrogens with one attached hydrogen (secondary N) is 1. The lowest BCUT2D eigenvalue weighted by molar-refractivity contribution is -0.115. The van der Waals surface area contributed by atoms with Gasteiger partial charge in [0.05, 0.1) is 22.8 Å². The first-order valence-corrected chi connectivity index (χ1v) is 6.08. The predicted octanol–water partition coefficient (Wildman–Crippen LogP) is 2.91. The first-order valence-electron chi connectivity index (χ1n) is 5.20. The largest absolute Gasteiger partial charge is 0.323 e. The highest BCUT2D eigenvalue weighted by Crippen LogP contribution is 2.16. The summed E-state index contributed by atoms with van der Waals surface area (Å²) in [6.07, 6.45) is 0.0420. The highest BCUT2D eigenvalue weighted by Gasteiger charge is 2.10. The van der Waals surface area contributed by atoms with Crippen molar-refractivity contribution in [2.24, 2.45) is 0 Å². The summed E-state index contributed by atoms with van der Waals surface area (Å²) in [4.78, 5) is 15.7. The summed E-state index contributed by atoms with van der Waals surface area (Å²) < 4.78 is 26.2. The van der Waals surface area contributed by atoms with Crippen molar-refractivity contribution in [3.63, 3.8) is 0 Å². The van der Waals surface area contributed by atoms with Crippen LogP contribution in [0.3, 0.4) is 0 Å². The molecule has 0 saturated carbocycles. The number of anilines is 1. The van der Waals surface area contributed by atoms with E-state index < -0.39 is 17.5 Å². The lowest BCUT2D eigenvalue weighted by Crippen LogP contribution is -2.15. The first kappa shape index (κ1) is 12.6. The van der Waals surface area contributed by atoms with E-state index in [9.17, 15) is 13.6 Å². The van der Waals surface area contributed by atoms with Gasteiger partial charge >= 0.3 is 0 Å². The maximum absolute atomic E-state index is 13.3. The average Bonchev–Trinajstić information content (AvgIpc) is 2.69. The quantitative estimate of drug-likeness (QED) is 0.930. The number of aryl methyl sites for hydroxylation is 1. The topological polar surface area (TPSA) is 42.0 Å². The van der Waals surface area contributed by atoms with E-state index in [4.69, 9.17) is 0 Å². The lowest BCUT2D eigenvalue weighted by atomic mass is 10.2. The van der Waals surface area contributed by atoms with Gasteiger partial charge < -0.3 is 5.32 Å². The summed E-state index contributed by atoms with van der Waals surface area (Å²) >= 11 is 1.43. The second kappa shape index (κ2) is 5.22. The molecule has 0 fully saturated rings. The van der Waals surface area contributed by atoms with Crippen molar-refractivity contribution >= 4 is 22.9 Å². The van der Waals surface area contributed by atoms with Crippen LogP contribution in [-0.2, 0) is 11.2 Å². The summed E-state index contributed by atoms with van der Waals surface area (Å²) in [5.41, 5.74) is 0.457. The number of nitrogens with zero attached hydrogens (tertiary/aromatic N) is 1. The number of hydrogen-bond acceptors (Lipinski definition) is 3. The van der Waals surface area contributed by atoms with Crippen LogP contribution in [0.25, 0.3) is 0 Å². The Balaban J connectivity index is 2.05. The van der Waals surface area contributed by atoms with Crippen LogP contribution in [0.5, 0.6) is 0 Å². The van der Waals surface area contributed by atoms with Crippen LogP contribution >= 0.6 is 11.3 Å². The second-order valence-corrected chi connectivity index (χ2v) is 4.77. The fourth-order valence-electron chi connectivity index (χ4n) is 1.44. The number of rotatable bonds is 3. The molecule has 0 unspecified atom stereocenters. The number of aromatic nitrogens is 1. The molecule has 6 heteroatoms. The van der Waals surface area contributed by atoms with Gasteiger partial charge in [0.15, 0.2) is 0 Å². The van der Waals surface area contributed by atoms with Crippen molar-refractivity contribution in [3.05, 3.63) is 45.9 Å². The fourth-order valence-corrected chi connectivity index (χ4v) is 2.05. The summed E-state index contributed by atoms with van der Waals surface area (Å²) in [6, 6.07) is 2.91. The molecule has 1 heterocycles. The van der Waals surface area contributed by atoms with E-state index in [0.29, 0.717) is 5.69 Å².